The predicted molar refractivity (Wildman–Crippen MR) is 85.5 cm³/mol. The highest BCUT2D eigenvalue weighted by Gasteiger charge is 2.26. The lowest BCUT2D eigenvalue weighted by molar-refractivity contribution is -0.132. The summed E-state index contributed by atoms with van der Waals surface area (Å²) in [7, 11) is 2.14. The van der Waals surface area contributed by atoms with Crippen LogP contribution in [0.3, 0.4) is 0 Å². The number of carbonyl (C=O) groups excluding carboxylic acids is 1. The summed E-state index contributed by atoms with van der Waals surface area (Å²) in [6.45, 7) is 5.80. The molecule has 1 fully saturated rings. The fourth-order valence-corrected chi connectivity index (χ4v) is 3.43. The lowest BCUT2D eigenvalue weighted by Crippen LogP contribution is -2.38. The topological polar surface area (TPSA) is 49.3 Å². The van der Waals surface area contributed by atoms with Crippen molar-refractivity contribution in [2.45, 2.75) is 51.5 Å². The minimum atomic E-state index is 0.301. The molecule has 0 atom stereocenters. The smallest absolute Gasteiger partial charge is 0.222 e. The third kappa shape index (κ3) is 3.29. The van der Waals surface area contributed by atoms with Crippen LogP contribution in [0.2, 0.25) is 0 Å². The molecule has 0 N–H and O–H groups in total. The van der Waals surface area contributed by atoms with Crippen molar-refractivity contribution in [2.24, 2.45) is 0 Å². The van der Waals surface area contributed by atoms with E-state index < -0.39 is 0 Å². The number of fused-ring (bicyclic) bond motifs is 1. The first-order valence-electron chi connectivity index (χ1n) is 8.48. The number of aromatic nitrogens is 2. The van der Waals surface area contributed by atoms with Gasteiger partial charge in [0.2, 0.25) is 5.91 Å². The molecule has 0 aliphatic carbocycles. The minimum absolute atomic E-state index is 0.301. The zero-order chi connectivity index (χ0) is 15.5. The fourth-order valence-electron chi connectivity index (χ4n) is 3.43. The molecule has 0 spiro atoms. The number of likely N-dealkylation sites (N-methyl/N-ethyl adjacent to an activating group) is 1. The molecule has 5 heteroatoms. The first kappa shape index (κ1) is 15.4. The van der Waals surface area contributed by atoms with Crippen LogP contribution in [-0.2, 0) is 17.8 Å². The molecule has 2 aliphatic heterocycles. The van der Waals surface area contributed by atoms with Crippen molar-refractivity contribution < 1.29 is 4.79 Å². The summed E-state index contributed by atoms with van der Waals surface area (Å²) in [5, 5.41) is 0. The van der Waals surface area contributed by atoms with E-state index in [2.05, 4.69) is 23.9 Å². The average Bonchev–Trinajstić information content (AvgIpc) is 2.55. The second-order valence-electron chi connectivity index (χ2n) is 6.59. The minimum Gasteiger partial charge on any atom is -0.343 e. The molecule has 5 nitrogen and oxygen atoms in total. The summed E-state index contributed by atoms with van der Waals surface area (Å²) in [5.41, 5.74) is 2.50. The Labute approximate surface area is 132 Å². The molecule has 0 aromatic carbocycles. The highest BCUT2D eigenvalue weighted by atomic mass is 16.2. The number of carbonyl (C=O) groups is 1. The van der Waals surface area contributed by atoms with E-state index in [0.29, 0.717) is 18.2 Å². The van der Waals surface area contributed by atoms with Gasteiger partial charge >= 0.3 is 0 Å². The summed E-state index contributed by atoms with van der Waals surface area (Å²) in [5.74, 6) is 1.71. The molecule has 0 unspecified atom stereocenters. The SMILES string of the molecule is CCCC(=O)N1CCC(c2ncc3c(n2)CCN(C)C3)CC1. The molecular weight excluding hydrogens is 276 g/mol. The lowest BCUT2D eigenvalue weighted by Gasteiger charge is -2.32. The summed E-state index contributed by atoms with van der Waals surface area (Å²) in [6, 6.07) is 0. The number of likely N-dealkylation sites (tertiary alicyclic amines) is 1. The van der Waals surface area contributed by atoms with Gasteiger partial charge in [-0.05, 0) is 26.3 Å². The van der Waals surface area contributed by atoms with E-state index >= 15 is 0 Å². The number of amides is 1. The van der Waals surface area contributed by atoms with Crippen molar-refractivity contribution in [3.63, 3.8) is 0 Å². The Morgan fingerprint density at radius 1 is 1.32 bits per heavy atom. The molecular formula is C17H26N4O. The Balaban J connectivity index is 1.63. The molecule has 1 saturated heterocycles. The van der Waals surface area contributed by atoms with Gasteiger partial charge in [0.05, 0.1) is 0 Å². The van der Waals surface area contributed by atoms with Gasteiger partial charge in [0.25, 0.3) is 0 Å². The van der Waals surface area contributed by atoms with Crippen molar-refractivity contribution in [3.8, 4) is 0 Å². The molecule has 120 valence electrons. The molecule has 22 heavy (non-hydrogen) atoms. The molecule has 0 saturated carbocycles. The van der Waals surface area contributed by atoms with Gasteiger partial charge in [-0.15, -0.1) is 0 Å². The number of rotatable bonds is 3. The maximum Gasteiger partial charge on any atom is 0.222 e. The van der Waals surface area contributed by atoms with Gasteiger partial charge in [0.1, 0.15) is 5.82 Å². The third-order valence-electron chi connectivity index (χ3n) is 4.82. The van der Waals surface area contributed by atoms with Crippen LogP contribution in [0.15, 0.2) is 6.20 Å². The molecule has 3 rings (SSSR count). The maximum atomic E-state index is 12.0. The Morgan fingerprint density at radius 3 is 2.82 bits per heavy atom. The molecule has 1 amide bonds. The molecule has 1 aromatic heterocycles. The highest BCUT2D eigenvalue weighted by Crippen LogP contribution is 2.27. The summed E-state index contributed by atoms with van der Waals surface area (Å²) >= 11 is 0. The van der Waals surface area contributed by atoms with Crippen LogP contribution in [0.25, 0.3) is 0 Å². The van der Waals surface area contributed by atoms with Gasteiger partial charge in [0, 0.05) is 62.4 Å². The van der Waals surface area contributed by atoms with E-state index in [1.54, 1.807) is 0 Å². The van der Waals surface area contributed by atoms with E-state index in [-0.39, 0.29) is 0 Å². The van der Waals surface area contributed by atoms with Crippen molar-refractivity contribution in [1.82, 2.24) is 19.8 Å². The molecule has 0 bridgehead atoms. The van der Waals surface area contributed by atoms with Gasteiger partial charge in [-0.3, -0.25) is 4.79 Å². The van der Waals surface area contributed by atoms with E-state index in [4.69, 9.17) is 4.98 Å². The van der Waals surface area contributed by atoms with Gasteiger partial charge in [-0.25, -0.2) is 9.97 Å². The van der Waals surface area contributed by atoms with Crippen molar-refractivity contribution >= 4 is 5.91 Å². The van der Waals surface area contributed by atoms with Crippen molar-refractivity contribution in [1.29, 1.82) is 0 Å². The monoisotopic (exact) mass is 302 g/mol. The standard InChI is InChI=1S/C17H26N4O/c1-3-4-16(22)21-9-5-13(6-10-21)17-18-11-14-12-20(2)8-7-15(14)19-17/h11,13H,3-10,12H2,1-2H3. The Kier molecular flexibility index (Phi) is 4.71. The number of piperidine rings is 1. The van der Waals surface area contributed by atoms with Gasteiger partial charge in [-0.1, -0.05) is 6.92 Å². The van der Waals surface area contributed by atoms with Crippen molar-refractivity contribution in [3.05, 3.63) is 23.3 Å². The third-order valence-corrected chi connectivity index (χ3v) is 4.82. The van der Waals surface area contributed by atoms with Gasteiger partial charge in [0.15, 0.2) is 0 Å². The highest BCUT2D eigenvalue weighted by molar-refractivity contribution is 5.76. The quantitative estimate of drug-likeness (QED) is 0.856. The Bertz CT molecular complexity index is 537. The van der Waals surface area contributed by atoms with Crippen molar-refractivity contribution in [2.75, 3.05) is 26.7 Å². The van der Waals surface area contributed by atoms with Gasteiger partial charge in [-0.2, -0.15) is 0 Å². The molecule has 2 aliphatic rings. The van der Waals surface area contributed by atoms with Gasteiger partial charge < -0.3 is 9.80 Å². The van der Waals surface area contributed by atoms with E-state index in [1.807, 2.05) is 11.1 Å². The first-order chi connectivity index (χ1) is 10.7. The predicted octanol–water partition coefficient (Wildman–Crippen LogP) is 1.97. The Morgan fingerprint density at radius 2 is 2.09 bits per heavy atom. The largest absolute Gasteiger partial charge is 0.343 e. The van der Waals surface area contributed by atoms with Crippen LogP contribution in [0.5, 0.6) is 0 Å². The number of nitrogens with zero attached hydrogens (tertiary/aromatic N) is 4. The van der Waals surface area contributed by atoms with Crippen LogP contribution >= 0.6 is 0 Å². The van der Waals surface area contributed by atoms with Crippen LogP contribution in [0, 0.1) is 0 Å². The zero-order valence-electron chi connectivity index (χ0n) is 13.7. The van der Waals surface area contributed by atoms with Crippen LogP contribution in [0.1, 0.15) is 55.6 Å². The van der Waals surface area contributed by atoms with Crippen LogP contribution in [-0.4, -0.2) is 52.4 Å². The zero-order valence-corrected chi connectivity index (χ0v) is 13.7. The van der Waals surface area contributed by atoms with Crippen LogP contribution < -0.4 is 0 Å². The number of hydrogen-bond donors (Lipinski definition) is 0. The van der Waals surface area contributed by atoms with Crippen LogP contribution in [0.4, 0.5) is 0 Å². The van der Waals surface area contributed by atoms with E-state index in [0.717, 1.165) is 57.7 Å². The summed E-state index contributed by atoms with van der Waals surface area (Å²) in [4.78, 5) is 25.7. The first-order valence-corrected chi connectivity index (χ1v) is 8.48. The van der Waals surface area contributed by atoms with E-state index in [9.17, 15) is 4.79 Å². The molecule has 3 heterocycles. The Hall–Kier alpha value is -1.49. The molecule has 1 aromatic rings. The maximum absolute atomic E-state index is 12.0. The normalized spacial score (nSPS) is 20.0. The summed E-state index contributed by atoms with van der Waals surface area (Å²) in [6.07, 6.45) is 6.63. The fraction of sp³-hybridized carbons (Fsp3) is 0.706. The lowest BCUT2D eigenvalue weighted by atomic mass is 9.95. The number of hydrogen-bond acceptors (Lipinski definition) is 4. The average molecular weight is 302 g/mol. The second-order valence-corrected chi connectivity index (χ2v) is 6.59. The summed E-state index contributed by atoms with van der Waals surface area (Å²) < 4.78 is 0. The second kappa shape index (κ2) is 6.73. The van der Waals surface area contributed by atoms with E-state index in [1.165, 1.54) is 11.3 Å². The molecule has 0 radical (unpaired) electrons.